The summed E-state index contributed by atoms with van der Waals surface area (Å²) in [6.45, 7) is 0. The molecule has 1 aliphatic rings. The zero-order valence-electron chi connectivity index (χ0n) is 11.4. The number of aldehydes is 1. The van der Waals surface area contributed by atoms with E-state index in [0.717, 1.165) is 32.0 Å². The standard InChI is InChI=1S/C16H15ClFNO2/c17-12-8-11(6-7-13(12)18)16-19-14(9-20)15(21-16)10-4-2-1-3-5-10/h6-10H,1-5H2. The van der Waals surface area contributed by atoms with Crippen LogP contribution in [0.25, 0.3) is 11.5 Å². The van der Waals surface area contributed by atoms with Crippen molar-refractivity contribution < 1.29 is 13.6 Å². The molecule has 1 heterocycles. The van der Waals surface area contributed by atoms with E-state index in [0.29, 0.717) is 22.9 Å². The Morgan fingerprint density at radius 2 is 2.05 bits per heavy atom. The molecule has 3 nitrogen and oxygen atoms in total. The molecule has 0 N–H and O–H groups in total. The minimum absolute atomic E-state index is 0.0116. The molecule has 1 saturated carbocycles. The van der Waals surface area contributed by atoms with Gasteiger partial charge in [-0.2, -0.15) is 0 Å². The molecule has 2 aromatic rings. The number of carbonyl (C=O) groups is 1. The van der Waals surface area contributed by atoms with Crippen molar-refractivity contribution in [3.63, 3.8) is 0 Å². The number of rotatable bonds is 3. The average Bonchev–Trinajstić information content (AvgIpc) is 2.95. The van der Waals surface area contributed by atoms with Gasteiger partial charge in [-0.05, 0) is 31.0 Å². The van der Waals surface area contributed by atoms with Gasteiger partial charge in [0.05, 0.1) is 5.02 Å². The molecule has 1 fully saturated rings. The molecular formula is C16H15ClFNO2. The zero-order chi connectivity index (χ0) is 14.8. The third kappa shape index (κ3) is 2.86. The van der Waals surface area contributed by atoms with Crippen LogP contribution in [-0.2, 0) is 0 Å². The molecule has 0 spiro atoms. The molecule has 0 unspecified atom stereocenters. The lowest BCUT2D eigenvalue weighted by Gasteiger charge is -2.19. The summed E-state index contributed by atoms with van der Waals surface area (Å²) >= 11 is 5.78. The first kappa shape index (κ1) is 14.3. The fourth-order valence-electron chi connectivity index (χ4n) is 2.84. The molecule has 0 amide bonds. The van der Waals surface area contributed by atoms with Gasteiger partial charge in [0.25, 0.3) is 0 Å². The highest BCUT2D eigenvalue weighted by atomic mass is 35.5. The van der Waals surface area contributed by atoms with Crippen LogP contribution < -0.4 is 0 Å². The lowest BCUT2D eigenvalue weighted by atomic mass is 9.87. The molecule has 110 valence electrons. The molecule has 1 aromatic carbocycles. The molecule has 0 atom stereocenters. The molecule has 1 aromatic heterocycles. The maximum absolute atomic E-state index is 13.2. The SMILES string of the molecule is O=Cc1nc(-c2ccc(F)c(Cl)c2)oc1C1CCCCC1. The summed E-state index contributed by atoms with van der Waals surface area (Å²) in [6, 6.07) is 4.27. The fraction of sp³-hybridized carbons (Fsp3) is 0.375. The first-order valence-electron chi connectivity index (χ1n) is 7.10. The molecule has 0 radical (unpaired) electrons. The minimum Gasteiger partial charge on any atom is -0.440 e. The Morgan fingerprint density at radius 1 is 1.29 bits per heavy atom. The smallest absolute Gasteiger partial charge is 0.227 e. The molecule has 3 rings (SSSR count). The Morgan fingerprint density at radius 3 is 2.71 bits per heavy atom. The Labute approximate surface area is 127 Å². The van der Waals surface area contributed by atoms with E-state index >= 15 is 0 Å². The summed E-state index contributed by atoms with van der Waals surface area (Å²) < 4.78 is 19.0. The minimum atomic E-state index is -0.491. The third-order valence-electron chi connectivity index (χ3n) is 3.94. The van der Waals surface area contributed by atoms with Gasteiger partial charge >= 0.3 is 0 Å². The van der Waals surface area contributed by atoms with Gasteiger partial charge in [-0.1, -0.05) is 30.9 Å². The van der Waals surface area contributed by atoms with Crippen molar-refractivity contribution in [3.05, 3.63) is 40.5 Å². The topological polar surface area (TPSA) is 43.1 Å². The summed E-state index contributed by atoms with van der Waals surface area (Å²) in [7, 11) is 0. The number of oxazole rings is 1. The van der Waals surface area contributed by atoms with E-state index in [2.05, 4.69) is 4.98 Å². The van der Waals surface area contributed by atoms with Gasteiger partial charge in [-0.25, -0.2) is 9.37 Å². The highest BCUT2D eigenvalue weighted by Crippen LogP contribution is 2.36. The predicted octanol–water partition coefficient (Wildman–Crippen LogP) is 4.99. The van der Waals surface area contributed by atoms with Crippen LogP contribution in [0.3, 0.4) is 0 Å². The second-order valence-electron chi connectivity index (χ2n) is 5.35. The maximum atomic E-state index is 13.2. The molecule has 21 heavy (non-hydrogen) atoms. The van der Waals surface area contributed by atoms with Crippen LogP contribution in [0, 0.1) is 5.82 Å². The van der Waals surface area contributed by atoms with Crippen molar-refractivity contribution in [2.45, 2.75) is 38.0 Å². The number of carbonyl (C=O) groups excluding carboxylic acids is 1. The number of halogens is 2. The van der Waals surface area contributed by atoms with Crippen molar-refractivity contribution in [2.75, 3.05) is 0 Å². The van der Waals surface area contributed by atoms with Crippen LogP contribution >= 0.6 is 11.6 Å². The number of nitrogens with zero attached hydrogens (tertiary/aromatic N) is 1. The van der Waals surface area contributed by atoms with Gasteiger partial charge < -0.3 is 4.42 Å². The van der Waals surface area contributed by atoms with E-state index in [1.54, 1.807) is 6.07 Å². The summed E-state index contributed by atoms with van der Waals surface area (Å²) in [4.78, 5) is 15.5. The highest BCUT2D eigenvalue weighted by molar-refractivity contribution is 6.31. The largest absolute Gasteiger partial charge is 0.440 e. The van der Waals surface area contributed by atoms with E-state index in [1.165, 1.54) is 18.6 Å². The molecule has 0 bridgehead atoms. The number of aromatic nitrogens is 1. The van der Waals surface area contributed by atoms with Crippen LogP contribution in [0.2, 0.25) is 5.02 Å². The van der Waals surface area contributed by atoms with Crippen molar-refractivity contribution in [1.82, 2.24) is 4.98 Å². The summed E-state index contributed by atoms with van der Waals surface area (Å²) in [5.41, 5.74) is 0.920. The van der Waals surface area contributed by atoms with Gasteiger partial charge in [0.1, 0.15) is 17.3 Å². The van der Waals surface area contributed by atoms with Crippen LogP contribution in [-0.4, -0.2) is 11.3 Å². The van der Waals surface area contributed by atoms with E-state index < -0.39 is 5.82 Å². The van der Waals surface area contributed by atoms with Crippen LogP contribution in [0.15, 0.2) is 22.6 Å². The number of hydrogen-bond acceptors (Lipinski definition) is 3. The molecule has 1 aliphatic carbocycles. The first-order chi connectivity index (χ1) is 10.2. The van der Waals surface area contributed by atoms with Gasteiger partial charge in [0, 0.05) is 11.5 Å². The lowest BCUT2D eigenvalue weighted by Crippen LogP contribution is -2.05. The maximum Gasteiger partial charge on any atom is 0.227 e. The van der Waals surface area contributed by atoms with Gasteiger partial charge in [0.2, 0.25) is 5.89 Å². The fourth-order valence-corrected chi connectivity index (χ4v) is 3.02. The molecule has 0 saturated heterocycles. The lowest BCUT2D eigenvalue weighted by molar-refractivity contribution is 0.111. The van der Waals surface area contributed by atoms with Crippen molar-refractivity contribution in [1.29, 1.82) is 0 Å². The van der Waals surface area contributed by atoms with Crippen molar-refractivity contribution in [2.24, 2.45) is 0 Å². The Bertz CT molecular complexity index is 662. The van der Waals surface area contributed by atoms with Crippen molar-refractivity contribution in [3.8, 4) is 11.5 Å². The quantitative estimate of drug-likeness (QED) is 0.750. The Kier molecular flexibility index (Phi) is 4.06. The third-order valence-corrected chi connectivity index (χ3v) is 4.22. The van der Waals surface area contributed by atoms with E-state index in [1.807, 2.05) is 0 Å². The Hall–Kier alpha value is -1.68. The van der Waals surface area contributed by atoms with Gasteiger partial charge in [-0.3, -0.25) is 4.79 Å². The Balaban J connectivity index is 1.98. The van der Waals surface area contributed by atoms with Crippen LogP contribution in [0.4, 0.5) is 4.39 Å². The van der Waals surface area contributed by atoms with Gasteiger partial charge in [0.15, 0.2) is 6.29 Å². The predicted molar refractivity (Wildman–Crippen MR) is 78.1 cm³/mol. The monoisotopic (exact) mass is 307 g/mol. The molecule has 5 heteroatoms. The second kappa shape index (κ2) is 5.98. The first-order valence-corrected chi connectivity index (χ1v) is 7.48. The highest BCUT2D eigenvalue weighted by Gasteiger charge is 2.24. The summed E-state index contributed by atoms with van der Waals surface area (Å²) in [5, 5.41) is 0.0116. The van der Waals surface area contributed by atoms with Gasteiger partial charge in [-0.15, -0.1) is 0 Å². The molecule has 0 aliphatic heterocycles. The number of hydrogen-bond donors (Lipinski definition) is 0. The summed E-state index contributed by atoms with van der Waals surface area (Å²) in [5.74, 6) is 0.728. The molecular weight excluding hydrogens is 293 g/mol. The van der Waals surface area contributed by atoms with E-state index in [-0.39, 0.29) is 10.9 Å². The van der Waals surface area contributed by atoms with Crippen molar-refractivity contribution >= 4 is 17.9 Å². The van der Waals surface area contributed by atoms with E-state index in [4.69, 9.17) is 16.0 Å². The summed E-state index contributed by atoms with van der Waals surface area (Å²) in [6.07, 6.45) is 6.26. The second-order valence-corrected chi connectivity index (χ2v) is 5.76. The van der Waals surface area contributed by atoms with Crippen LogP contribution in [0.5, 0.6) is 0 Å². The van der Waals surface area contributed by atoms with E-state index in [9.17, 15) is 9.18 Å². The van der Waals surface area contributed by atoms with Crippen LogP contribution in [0.1, 0.15) is 54.3 Å². The zero-order valence-corrected chi connectivity index (χ0v) is 12.2. The number of benzene rings is 1. The average molecular weight is 308 g/mol. The normalized spacial score (nSPS) is 16.1.